The van der Waals surface area contributed by atoms with Gasteiger partial charge in [0.25, 0.3) is 0 Å². The summed E-state index contributed by atoms with van der Waals surface area (Å²) in [7, 11) is 3.62. The van der Waals surface area contributed by atoms with Crippen LogP contribution in [0.15, 0.2) is 24.4 Å². The fourth-order valence-corrected chi connectivity index (χ4v) is 0.686. The molecule has 3 nitrogen and oxygen atoms in total. The molecule has 0 fully saturated rings. The largest absolute Gasteiger partial charge is 0.481 e. The maximum Gasteiger partial charge on any atom is 0.310 e. The van der Waals surface area contributed by atoms with Gasteiger partial charge < -0.3 is 10.0 Å². The van der Waals surface area contributed by atoms with Crippen LogP contribution in [-0.2, 0) is 4.79 Å². The summed E-state index contributed by atoms with van der Waals surface area (Å²) in [5.41, 5.74) is 1.21. The van der Waals surface area contributed by atoms with Crippen molar-refractivity contribution in [2.45, 2.75) is 6.92 Å². The van der Waals surface area contributed by atoms with Crippen molar-refractivity contribution in [3.05, 3.63) is 24.4 Å². The van der Waals surface area contributed by atoms with Crippen molar-refractivity contribution >= 4 is 5.97 Å². The zero-order valence-corrected chi connectivity index (χ0v) is 7.79. The van der Waals surface area contributed by atoms with Gasteiger partial charge in [-0.25, -0.2) is 0 Å². The highest BCUT2D eigenvalue weighted by atomic mass is 16.4. The second-order valence-electron chi connectivity index (χ2n) is 2.93. The van der Waals surface area contributed by atoms with Crippen LogP contribution in [0.2, 0.25) is 0 Å². The number of hydrogen-bond acceptors (Lipinski definition) is 2. The summed E-state index contributed by atoms with van der Waals surface area (Å²) < 4.78 is 0. The Morgan fingerprint density at radius 2 is 1.83 bits per heavy atom. The van der Waals surface area contributed by atoms with Crippen LogP contribution in [0.3, 0.4) is 0 Å². The zero-order valence-electron chi connectivity index (χ0n) is 7.79. The predicted molar refractivity (Wildman–Crippen MR) is 48.8 cm³/mol. The van der Waals surface area contributed by atoms with Gasteiger partial charge in [-0.1, -0.05) is 13.2 Å². The molecule has 12 heavy (non-hydrogen) atoms. The Balaban J connectivity index is 4.40. The van der Waals surface area contributed by atoms with Crippen molar-refractivity contribution in [1.29, 1.82) is 0 Å². The first-order chi connectivity index (χ1) is 5.37. The second-order valence-corrected chi connectivity index (χ2v) is 2.93. The first-order valence-corrected chi connectivity index (χ1v) is 3.66. The van der Waals surface area contributed by atoms with Crippen LogP contribution in [0.25, 0.3) is 0 Å². The van der Waals surface area contributed by atoms with Crippen molar-refractivity contribution in [3.8, 4) is 0 Å². The van der Waals surface area contributed by atoms with Crippen LogP contribution < -0.4 is 0 Å². The average molecular weight is 169 g/mol. The van der Waals surface area contributed by atoms with Gasteiger partial charge in [-0.3, -0.25) is 4.79 Å². The van der Waals surface area contributed by atoms with Crippen LogP contribution in [-0.4, -0.2) is 30.1 Å². The lowest BCUT2D eigenvalue weighted by molar-refractivity contribution is -0.139. The lowest BCUT2D eigenvalue weighted by Gasteiger charge is -2.20. The molecule has 0 bridgehead atoms. The van der Waals surface area contributed by atoms with E-state index in [0.717, 1.165) is 0 Å². The third-order valence-corrected chi connectivity index (χ3v) is 1.80. The molecule has 0 aromatic rings. The molecule has 0 aromatic heterocycles. The quantitative estimate of drug-likeness (QED) is 0.645. The van der Waals surface area contributed by atoms with Gasteiger partial charge >= 0.3 is 5.97 Å². The molecule has 1 atom stereocenters. The fourth-order valence-electron chi connectivity index (χ4n) is 0.686. The summed E-state index contributed by atoms with van der Waals surface area (Å²) in [5.74, 6) is -1.44. The number of rotatable bonds is 4. The first kappa shape index (κ1) is 10.8. The highest BCUT2D eigenvalue weighted by molar-refractivity contribution is 5.74. The topological polar surface area (TPSA) is 40.5 Å². The summed E-state index contributed by atoms with van der Waals surface area (Å²) in [5, 5.41) is 8.66. The van der Waals surface area contributed by atoms with E-state index in [4.69, 9.17) is 5.11 Å². The van der Waals surface area contributed by atoms with E-state index in [-0.39, 0.29) is 0 Å². The van der Waals surface area contributed by atoms with Crippen LogP contribution in [0.1, 0.15) is 6.92 Å². The molecule has 1 N–H and O–H groups in total. The van der Waals surface area contributed by atoms with E-state index >= 15 is 0 Å². The third kappa shape index (κ3) is 2.42. The first-order valence-electron chi connectivity index (χ1n) is 3.66. The minimum absolute atomic E-state index is 0.549. The number of nitrogens with zero attached hydrogens (tertiary/aromatic N) is 1. The van der Waals surface area contributed by atoms with Gasteiger partial charge in [0, 0.05) is 19.8 Å². The molecule has 0 rings (SSSR count). The van der Waals surface area contributed by atoms with Crippen molar-refractivity contribution < 1.29 is 9.90 Å². The number of carbonyl (C=O) groups is 1. The van der Waals surface area contributed by atoms with E-state index in [0.29, 0.717) is 11.3 Å². The summed E-state index contributed by atoms with van der Waals surface area (Å²) >= 11 is 0. The second kappa shape index (κ2) is 3.95. The Morgan fingerprint density at radius 3 is 2.08 bits per heavy atom. The summed E-state index contributed by atoms with van der Waals surface area (Å²) in [6, 6.07) is 0. The fraction of sp³-hybridized carbons (Fsp3) is 0.444. The van der Waals surface area contributed by atoms with Crippen molar-refractivity contribution in [3.63, 3.8) is 0 Å². The van der Waals surface area contributed by atoms with Gasteiger partial charge in [0.1, 0.15) is 0 Å². The van der Waals surface area contributed by atoms with Crippen molar-refractivity contribution in [2.75, 3.05) is 14.1 Å². The minimum Gasteiger partial charge on any atom is -0.481 e. The van der Waals surface area contributed by atoms with Crippen LogP contribution in [0.4, 0.5) is 0 Å². The van der Waals surface area contributed by atoms with Gasteiger partial charge in [-0.2, -0.15) is 0 Å². The molecule has 0 radical (unpaired) electrons. The highest BCUT2D eigenvalue weighted by Crippen LogP contribution is 2.17. The summed E-state index contributed by atoms with van der Waals surface area (Å²) in [6.45, 7) is 8.99. The predicted octanol–water partition coefficient (Wildman–Crippen LogP) is 1.34. The Morgan fingerprint density at radius 1 is 1.42 bits per heavy atom. The molecule has 0 spiro atoms. The van der Waals surface area contributed by atoms with Crippen molar-refractivity contribution in [1.82, 2.24) is 4.90 Å². The number of likely N-dealkylation sites (N-methyl/N-ethyl adjacent to an activating group) is 1. The Bertz CT molecular complexity index is 219. The zero-order chi connectivity index (χ0) is 9.89. The maximum absolute atomic E-state index is 10.5. The molecular formula is C9H15NO2. The van der Waals surface area contributed by atoms with E-state index in [1.54, 1.807) is 11.8 Å². The van der Waals surface area contributed by atoms with Crippen LogP contribution in [0.5, 0.6) is 0 Å². The van der Waals surface area contributed by atoms with E-state index in [2.05, 4.69) is 13.2 Å². The monoisotopic (exact) mass is 169 g/mol. The number of hydrogen-bond donors (Lipinski definition) is 1. The van der Waals surface area contributed by atoms with Gasteiger partial charge in [0.2, 0.25) is 0 Å². The van der Waals surface area contributed by atoms with Crippen LogP contribution >= 0.6 is 0 Å². The standard InChI is InChI=1S/C9H15NO2/c1-6(7(2)9(11)12)8(3)10(4)5/h7H,1,3H2,2,4-5H3,(H,11,12). The number of carboxylic acid groups (broad SMARTS) is 1. The smallest absolute Gasteiger partial charge is 0.310 e. The van der Waals surface area contributed by atoms with E-state index in [9.17, 15) is 4.79 Å². The molecule has 3 heteroatoms. The van der Waals surface area contributed by atoms with Gasteiger partial charge in [-0.15, -0.1) is 0 Å². The SMILES string of the molecule is C=C(C(=C)N(C)C)C(C)C(=O)O. The molecule has 0 saturated carbocycles. The van der Waals surface area contributed by atoms with Gasteiger partial charge in [0.05, 0.1) is 5.92 Å². The molecule has 0 aliphatic rings. The lowest BCUT2D eigenvalue weighted by atomic mass is 10.0. The molecule has 0 aromatic carbocycles. The van der Waals surface area contributed by atoms with E-state index in [1.165, 1.54) is 0 Å². The minimum atomic E-state index is -0.872. The Hall–Kier alpha value is -1.25. The third-order valence-electron chi connectivity index (χ3n) is 1.80. The average Bonchev–Trinajstić information content (AvgIpc) is 2.00. The maximum atomic E-state index is 10.5. The van der Waals surface area contributed by atoms with Gasteiger partial charge in [0.15, 0.2) is 0 Å². The number of allylic oxidation sites excluding steroid dienone is 1. The molecule has 0 amide bonds. The summed E-state index contributed by atoms with van der Waals surface area (Å²) in [4.78, 5) is 12.3. The molecule has 0 aliphatic carbocycles. The Labute approximate surface area is 73.0 Å². The molecule has 0 saturated heterocycles. The lowest BCUT2D eigenvalue weighted by Crippen LogP contribution is -2.19. The van der Waals surface area contributed by atoms with E-state index < -0.39 is 11.9 Å². The van der Waals surface area contributed by atoms with E-state index in [1.807, 2.05) is 14.1 Å². The number of carboxylic acids is 1. The Kier molecular flexibility index (Phi) is 3.54. The summed E-state index contributed by atoms with van der Waals surface area (Å²) in [6.07, 6.45) is 0. The molecule has 0 aliphatic heterocycles. The molecular weight excluding hydrogens is 154 g/mol. The van der Waals surface area contributed by atoms with Crippen LogP contribution in [0, 0.1) is 5.92 Å². The normalized spacial score (nSPS) is 11.9. The molecule has 0 heterocycles. The van der Waals surface area contributed by atoms with Gasteiger partial charge in [-0.05, 0) is 12.5 Å². The molecule has 68 valence electrons. The molecule has 1 unspecified atom stereocenters. The number of aliphatic carboxylic acids is 1. The highest BCUT2D eigenvalue weighted by Gasteiger charge is 2.17. The van der Waals surface area contributed by atoms with Crippen molar-refractivity contribution in [2.24, 2.45) is 5.92 Å².